The van der Waals surface area contributed by atoms with Gasteiger partial charge in [0.15, 0.2) is 0 Å². The molecule has 132 valence electrons. The fraction of sp³-hybridized carbons (Fsp3) is 0.150. The Morgan fingerprint density at radius 3 is 2.62 bits per heavy atom. The van der Waals surface area contributed by atoms with E-state index < -0.39 is 0 Å². The molecule has 6 heteroatoms. The molecule has 0 unspecified atom stereocenters. The standard InChI is InChI=1S/C20H19ClN4O/c21-18-3-1-2-15(12-18)8-11-23-20(26)17-4-5-19(25-14-17)24-13-16-6-9-22-10-7-16/h1-7,9-10,12,14H,8,11,13H2,(H,23,26)(H,24,25). The zero-order chi connectivity index (χ0) is 18.2. The fourth-order valence-corrected chi connectivity index (χ4v) is 2.65. The molecule has 5 nitrogen and oxygen atoms in total. The van der Waals surface area contributed by atoms with E-state index in [0.717, 1.165) is 23.4 Å². The molecule has 0 saturated heterocycles. The van der Waals surface area contributed by atoms with Crippen molar-refractivity contribution in [3.8, 4) is 0 Å². The molecule has 1 amide bonds. The first kappa shape index (κ1) is 17.9. The monoisotopic (exact) mass is 366 g/mol. The van der Waals surface area contributed by atoms with Gasteiger partial charge in [-0.1, -0.05) is 23.7 Å². The van der Waals surface area contributed by atoms with Gasteiger partial charge in [0, 0.05) is 36.7 Å². The third kappa shape index (κ3) is 5.29. The minimum absolute atomic E-state index is 0.139. The van der Waals surface area contributed by atoms with Gasteiger partial charge in [0.25, 0.3) is 5.91 Å². The number of halogens is 1. The predicted molar refractivity (Wildman–Crippen MR) is 103 cm³/mol. The maximum absolute atomic E-state index is 12.2. The summed E-state index contributed by atoms with van der Waals surface area (Å²) in [5.41, 5.74) is 2.74. The Morgan fingerprint density at radius 1 is 1.04 bits per heavy atom. The van der Waals surface area contributed by atoms with E-state index in [1.165, 1.54) is 0 Å². The van der Waals surface area contributed by atoms with E-state index in [1.54, 1.807) is 30.7 Å². The zero-order valence-corrected chi connectivity index (χ0v) is 14.9. The highest BCUT2D eigenvalue weighted by atomic mass is 35.5. The molecule has 3 rings (SSSR count). The van der Waals surface area contributed by atoms with Crippen molar-refractivity contribution in [3.63, 3.8) is 0 Å². The van der Waals surface area contributed by atoms with Crippen LogP contribution < -0.4 is 10.6 Å². The first-order valence-electron chi connectivity index (χ1n) is 8.32. The topological polar surface area (TPSA) is 66.9 Å². The van der Waals surface area contributed by atoms with Crippen molar-refractivity contribution in [2.75, 3.05) is 11.9 Å². The van der Waals surface area contributed by atoms with Crippen LogP contribution in [0, 0.1) is 0 Å². The second-order valence-electron chi connectivity index (χ2n) is 5.78. The van der Waals surface area contributed by atoms with Crippen LogP contribution in [0.2, 0.25) is 5.02 Å². The van der Waals surface area contributed by atoms with Crippen molar-refractivity contribution < 1.29 is 4.79 Å². The lowest BCUT2D eigenvalue weighted by Gasteiger charge is -2.08. The van der Waals surface area contributed by atoms with E-state index in [4.69, 9.17) is 11.6 Å². The molecule has 2 N–H and O–H groups in total. The van der Waals surface area contributed by atoms with E-state index in [1.807, 2.05) is 36.4 Å². The summed E-state index contributed by atoms with van der Waals surface area (Å²) in [6.07, 6.45) is 5.80. The van der Waals surface area contributed by atoms with Gasteiger partial charge in [-0.05, 0) is 53.9 Å². The van der Waals surface area contributed by atoms with Crippen molar-refractivity contribution in [2.45, 2.75) is 13.0 Å². The van der Waals surface area contributed by atoms with Gasteiger partial charge in [0.2, 0.25) is 0 Å². The number of pyridine rings is 2. The van der Waals surface area contributed by atoms with Gasteiger partial charge in [-0.25, -0.2) is 4.98 Å². The van der Waals surface area contributed by atoms with E-state index in [9.17, 15) is 4.79 Å². The molecular weight excluding hydrogens is 348 g/mol. The summed E-state index contributed by atoms with van der Waals surface area (Å²) in [7, 11) is 0. The predicted octanol–water partition coefficient (Wildman–Crippen LogP) is 3.71. The Bertz CT molecular complexity index is 853. The van der Waals surface area contributed by atoms with Crippen molar-refractivity contribution >= 4 is 23.3 Å². The molecule has 0 spiro atoms. The van der Waals surface area contributed by atoms with Crippen molar-refractivity contribution in [1.29, 1.82) is 0 Å². The van der Waals surface area contributed by atoms with Gasteiger partial charge < -0.3 is 10.6 Å². The number of benzene rings is 1. The van der Waals surface area contributed by atoms with Crippen molar-refractivity contribution in [2.24, 2.45) is 0 Å². The molecule has 0 aliphatic rings. The fourth-order valence-electron chi connectivity index (χ4n) is 2.44. The Hall–Kier alpha value is -2.92. The molecule has 0 bridgehead atoms. The average Bonchev–Trinajstić information content (AvgIpc) is 2.67. The molecule has 0 radical (unpaired) electrons. The van der Waals surface area contributed by atoms with E-state index >= 15 is 0 Å². The lowest BCUT2D eigenvalue weighted by atomic mass is 10.1. The van der Waals surface area contributed by atoms with Crippen LogP contribution in [0.3, 0.4) is 0 Å². The number of carbonyl (C=O) groups excluding carboxylic acids is 1. The second kappa shape index (κ2) is 8.97. The second-order valence-corrected chi connectivity index (χ2v) is 6.21. The first-order chi connectivity index (χ1) is 12.7. The number of hydrogen-bond acceptors (Lipinski definition) is 4. The van der Waals surface area contributed by atoms with Crippen LogP contribution in [0.5, 0.6) is 0 Å². The molecule has 2 heterocycles. The summed E-state index contributed by atoms with van der Waals surface area (Å²) in [4.78, 5) is 20.5. The molecule has 0 aliphatic carbocycles. The van der Waals surface area contributed by atoms with Crippen LogP contribution >= 0.6 is 11.6 Å². The molecule has 3 aromatic rings. The van der Waals surface area contributed by atoms with Crippen LogP contribution in [-0.2, 0) is 13.0 Å². The number of rotatable bonds is 7. The maximum Gasteiger partial charge on any atom is 0.252 e. The lowest BCUT2D eigenvalue weighted by molar-refractivity contribution is 0.0954. The molecule has 0 aliphatic heterocycles. The summed E-state index contributed by atoms with van der Waals surface area (Å²) in [5, 5.41) is 6.81. The summed E-state index contributed by atoms with van der Waals surface area (Å²) in [6, 6.07) is 15.1. The molecule has 0 saturated carbocycles. The summed E-state index contributed by atoms with van der Waals surface area (Å²) >= 11 is 5.96. The van der Waals surface area contributed by atoms with Gasteiger partial charge in [-0.15, -0.1) is 0 Å². The summed E-state index contributed by atoms with van der Waals surface area (Å²) < 4.78 is 0. The Kier molecular flexibility index (Phi) is 6.17. The van der Waals surface area contributed by atoms with Crippen LogP contribution in [0.25, 0.3) is 0 Å². The molecule has 0 fully saturated rings. The summed E-state index contributed by atoms with van der Waals surface area (Å²) in [6.45, 7) is 1.20. The lowest BCUT2D eigenvalue weighted by Crippen LogP contribution is -2.25. The number of amides is 1. The smallest absolute Gasteiger partial charge is 0.252 e. The van der Waals surface area contributed by atoms with Gasteiger partial charge in [0.1, 0.15) is 5.82 Å². The third-order valence-corrected chi connectivity index (χ3v) is 4.07. The number of carbonyl (C=O) groups is 1. The van der Waals surface area contributed by atoms with Crippen LogP contribution in [-0.4, -0.2) is 22.4 Å². The van der Waals surface area contributed by atoms with Crippen LogP contribution in [0.1, 0.15) is 21.5 Å². The van der Waals surface area contributed by atoms with E-state index in [-0.39, 0.29) is 5.91 Å². The molecule has 1 aromatic carbocycles. The highest BCUT2D eigenvalue weighted by Crippen LogP contribution is 2.11. The van der Waals surface area contributed by atoms with Gasteiger partial charge in [-0.2, -0.15) is 0 Å². The van der Waals surface area contributed by atoms with Crippen LogP contribution in [0.4, 0.5) is 5.82 Å². The largest absolute Gasteiger partial charge is 0.366 e. The zero-order valence-electron chi connectivity index (χ0n) is 14.2. The maximum atomic E-state index is 12.2. The van der Waals surface area contributed by atoms with Crippen molar-refractivity contribution in [1.82, 2.24) is 15.3 Å². The third-order valence-electron chi connectivity index (χ3n) is 3.84. The quantitative estimate of drug-likeness (QED) is 0.668. The highest BCUT2D eigenvalue weighted by molar-refractivity contribution is 6.30. The Morgan fingerprint density at radius 2 is 1.88 bits per heavy atom. The summed E-state index contributed by atoms with van der Waals surface area (Å²) in [5.74, 6) is 0.581. The van der Waals surface area contributed by atoms with E-state index in [2.05, 4.69) is 20.6 Å². The number of anilines is 1. The first-order valence-corrected chi connectivity index (χ1v) is 8.70. The Labute approximate surface area is 157 Å². The van der Waals surface area contributed by atoms with Gasteiger partial charge >= 0.3 is 0 Å². The number of nitrogens with zero attached hydrogens (tertiary/aromatic N) is 2. The Balaban J connectivity index is 1.47. The molecule has 0 atom stereocenters. The minimum Gasteiger partial charge on any atom is -0.366 e. The normalized spacial score (nSPS) is 10.3. The molecular formula is C20H19ClN4O. The van der Waals surface area contributed by atoms with Crippen molar-refractivity contribution in [3.05, 3.63) is 88.8 Å². The van der Waals surface area contributed by atoms with Gasteiger partial charge in [0.05, 0.1) is 5.56 Å². The number of hydrogen-bond donors (Lipinski definition) is 2. The number of aromatic nitrogens is 2. The number of nitrogens with one attached hydrogen (secondary N) is 2. The van der Waals surface area contributed by atoms with Gasteiger partial charge in [-0.3, -0.25) is 9.78 Å². The SMILES string of the molecule is O=C(NCCc1cccc(Cl)c1)c1ccc(NCc2ccncc2)nc1. The van der Waals surface area contributed by atoms with Crippen LogP contribution in [0.15, 0.2) is 67.1 Å². The van der Waals surface area contributed by atoms with E-state index in [0.29, 0.717) is 23.7 Å². The average molecular weight is 367 g/mol. The molecule has 2 aromatic heterocycles. The molecule has 26 heavy (non-hydrogen) atoms. The highest BCUT2D eigenvalue weighted by Gasteiger charge is 2.06. The minimum atomic E-state index is -0.139.